The standard InChI is InChI=1S/C38H49ClFN3O6S/c1-24-25(2)50(45,46)41-37(44)26-9-12-35-34(20-26)43(21-27-8-11-33(39)36(40)31(27)6-4-5-15-49-35)22-28-7-10-32(28)38(47-3,30-18-29(24)19-30)23-42-13-16-48-17-14-42/h8-9,11-12,18,20,24-25,28-29,32H,4-7,10,13-17,19,21-23H2,1-3H3,(H,41,44)/t24-,25-,28+,29+,32-,38+/m1/s1. The lowest BCUT2D eigenvalue weighted by atomic mass is 9.58. The summed E-state index contributed by atoms with van der Waals surface area (Å²) < 4.78 is 64.0. The molecule has 12 heteroatoms. The van der Waals surface area contributed by atoms with Crippen molar-refractivity contribution >= 4 is 33.2 Å². The SMILES string of the molecule is CO[C@@]1(CN2CCOCC2)C2=C[C@@H](C2)[C@H](C)[C@@H](C)S(=O)(=O)NC(=O)c2ccc3c(c2)N(Cc2ccc(Cl)c(F)c2CCCCO3)C[C@@H]2CC[C@H]21. The predicted octanol–water partition coefficient (Wildman–Crippen LogP) is 5.99. The molecule has 2 aromatic rings. The van der Waals surface area contributed by atoms with Gasteiger partial charge in [0.15, 0.2) is 0 Å². The van der Waals surface area contributed by atoms with E-state index >= 15 is 4.39 Å². The molecule has 2 fully saturated rings. The quantitative estimate of drug-likeness (QED) is 0.386. The summed E-state index contributed by atoms with van der Waals surface area (Å²) in [6.45, 7) is 8.80. The van der Waals surface area contributed by atoms with Crippen molar-refractivity contribution in [2.45, 2.75) is 69.8 Å². The van der Waals surface area contributed by atoms with Gasteiger partial charge in [-0.05, 0) is 110 Å². The highest BCUT2D eigenvalue weighted by atomic mass is 35.5. The predicted molar refractivity (Wildman–Crippen MR) is 192 cm³/mol. The van der Waals surface area contributed by atoms with Gasteiger partial charge in [0.1, 0.15) is 17.2 Å². The fourth-order valence-electron chi connectivity index (χ4n) is 8.74. The zero-order chi connectivity index (χ0) is 35.2. The second kappa shape index (κ2) is 14.4. The summed E-state index contributed by atoms with van der Waals surface area (Å²) in [5.41, 5.74) is 3.02. The van der Waals surface area contributed by atoms with E-state index in [1.165, 1.54) is 5.57 Å². The summed E-state index contributed by atoms with van der Waals surface area (Å²) in [5, 5.41) is -0.695. The largest absolute Gasteiger partial charge is 0.491 e. The number of amides is 1. The first-order chi connectivity index (χ1) is 24.0. The maximum atomic E-state index is 15.6. The molecule has 4 aliphatic heterocycles. The van der Waals surface area contributed by atoms with Gasteiger partial charge in [0.05, 0.1) is 35.8 Å². The molecule has 272 valence electrons. The van der Waals surface area contributed by atoms with E-state index in [2.05, 4.69) is 20.6 Å². The van der Waals surface area contributed by atoms with Crippen molar-refractivity contribution in [1.82, 2.24) is 9.62 Å². The van der Waals surface area contributed by atoms with E-state index in [0.717, 1.165) is 50.9 Å². The minimum atomic E-state index is -4.00. The highest BCUT2D eigenvalue weighted by molar-refractivity contribution is 7.90. The van der Waals surface area contributed by atoms with Gasteiger partial charge in [0.25, 0.3) is 5.91 Å². The number of fused-ring (bicyclic) bond motifs is 5. The number of methoxy groups -OCH3 is 1. The monoisotopic (exact) mass is 729 g/mol. The minimum Gasteiger partial charge on any atom is -0.491 e. The second-order valence-electron chi connectivity index (χ2n) is 14.9. The van der Waals surface area contributed by atoms with E-state index < -0.39 is 32.6 Å². The lowest BCUT2D eigenvalue weighted by Crippen LogP contribution is -2.60. The molecule has 9 nitrogen and oxygen atoms in total. The highest BCUT2D eigenvalue weighted by Crippen LogP contribution is 2.53. The van der Waals surface area contributed by atoms with Gasteiger partial charge < -0.3 is 19.1 Å². The van der Waals surface area contributed by atoms with Gasteiger partial charge >= 0.3 is 0 Å². The van der Waals surface area contributed by atoms with Gasteiger partial charge in [0, 0.05) is 45.4 Å². The van der Waals surface area contributed by atoms with Crippen molar-refractivity contribution < 1.29 is 31.8 Å². The number of allylic oxidation sites excluding steroid dienone is 1. The highest BCUT2D eigenvalue weighted by Gasteiger charge is 2.54. The number of carbonyl (C=O) groups is 1. The van der Waals surface area contributed by atoms with Crippen LogP contribution in [0.4, 0.5) is 10.1 Å². The topological polar surface area (TPSA) is 97.4 Å². The van der Waals surface area contributed by atoms with Gasteiger partial charge in [-0.15, -0.1) is 0 Å². The molecule has 1 saturated carbocycles. The van der Waals surface area contributed by atoms with E-state index in [1.807, 2.05) is 20.1 Å². The average molecular weight is 730 g/mol. The van der Waals surface area contributed by atoms with Crippen LogP contribution in [0, 0.1) is 29.5 Å². The Morgan fingerprint density at radius 3 is 2.60 bits per heavy atom. The van der Waals surface area contributed by atoms with E-state index in [4.69, 9.17) is 25.8 Å². The minimum absolute atomic E-state index is 0.0459. The van der Waals surface area contributed by atoms with Gasteiger partial charge in [-0.25, -0.2) is 17.5 Å². The molecule has 6 atom stereocenters. The number of nitrogens with zero attached hydrogens (tertiary/aromatic N) is 2. The zero-order valence-electron chi connectivity index (χ0n) is 29.3. The van der Waals surface area contributed by atoms with Crippen LogP contribution in [0.5, 0.6) is 5.75 Å². The molecule has 0 radical (unpaired) electrons. The number of anilines is 1. The number of hydrogen-bond acceptors (Lipinski definition) is 8. The van der Waals surface area contributed by atoms with Crippen LogP contribution in [0.3, 0.4) is 0 Å². The summed E-state index contributed by atoms with van der Waals surface area (Å²) in [6, 6.07) is 8.63. The second-order valence-corrected chi connectivity index (χ2v) is 17.3. The van der Waals surface area contributed by atoms with Crippen molar-refractivity contribution in [2.24, 2.45) is 23.7 Å². The molecule has 0 unspecified atom stereocenters. The van der Waals surface area contributed by atoms with Crippen molar-refractivity contribution in [3.63, 3.8) is 0 Å². The number of rotatable bonds is 3. The molecular formula is C38H49ClFN3O6S. The normalized spacial score (nSPS) is 31.7. The lowest BCUT2D eigenvalue weighted by molar-refractivity contribution is -0.113. The van der Waals surface area contributed by atoms with Crippen LogP contribution in [0.25, 0.3) is 0 Å². The van der Waals surface area contributed by atoms with Crippen LogP contribution in [-0.4, -0.2) is 83.2 Å². The third kappa shape index (κ3) is 6.69. The zero-order valence-corrected chi connectivity index (χ0v) is 30.8. The molecule has 1 saturated heterocycles. The Balaban J connectivity index is 1.36. The number of ether oxygens (including phenoxy) is 3. The van der Waals surface area contributed by atoms with Crippen LogP contribution in [0.15, 0.2) is 42.0 Å². The summed E-state index contributed by atoms with van der Waals surface area (Å²) in [7, 11) is -2.18. The summed E-state index contributed by atoms with van der Waals surface area (Å²) >= 11 is 6.30. The fourth-order valence-corrected chi connectivity index (χ4v) is 10.2. The number of sulfonamides is 1. The Bertz CT molecular complexity index is 1750. The Morgan fingerprint density at radius 2 is 1.88 bits per heavy atom. The molecule has 1 amide bonds. The van der Waals surface area contributed by atoms with Crippen LogP contribution >= 0.6 is 11.6 Å². The molecule has 2 aliphatic carbocycles. The van der Waals surface area contributed by atoms with E-state index in [-0.39, 0.29) is 34.3 Å². The van der Waals surface area contributed by atoms with Gasteiger partial charge in [-0.2, -0.15) is 0 Å². The van der Waals surface area contributed by atoms with Crippen molar-refractivity contribution in [1.29, 1.82) is 0 Å². The Kier molecular flexibility index (Phi) is 10.3. The molecule has 50 heavy (non-hydrogen) atoms. The van der Waals surface area contributed by atoms with Crippen LogP contribution in [0.2, 0.25) is 5.02 Å². The van der Waals surface area contributed by atoms with Crippen molar-refractivity contribution in [2.75, 3.05) is 58.0 Å². The van der Waals surface area contributed by atoms with Crippen molar-refractivity contribution in [3.05, 3.63) is 69.5 Å². The molecular weight excluding hydrogens is 681 g/mol. The maximum absolute atomic E-state index is 15.6. The van der Waals surface area contributed by atoms with Crippen LogP contribution in [-0.2, 0) is 32.5 Å². The Morgan fingerprint density at radius 1 is 1.10 bits per heavy atom. The molecule has 0 aromatic heterocycles. The van der Waals surface area contributed by atoms with E-state index in [9.17, 15) is 13.2 Å². The molecule has 6 aliphatic rings. The van der Waals surface area contributed by atoms with Crippen molar-refractivity contribution in [3.8, 4) is 5.75 Å². The first kappa shape index (κ1) is 35.7. The fraction of sp³-hybridized carbons (Fsp3) is 0.605. The molecule has 4 heterocycles. The third-order valence-electron chi connectivity index (χ3n) is 12.2. The summed E-state index contributed by atoms with van der Waals surface area (Å²) in [6.07, 6.45) is 6.94. The lowest BCUT2D eigenvalue weighted by Gasteiger charge is -2.56. The number of carbonyl (C=O) groups excluding carboxylic acids is 1. The number of nitrogens with one attached hydrogen (secondary N) is 1. The van der Waals surface area contributed by atoms with Gasteiger partial charge in [-0.3, -0.25) is 9.69 Å². The van der Waals surface area contributed by atoms with E-state index in [0.29, 0.717) is 62.8 Å². The number of morpholine rings is 1. The summed E-state index contributed by atoms with van der Waals surface area (Å²) in [4.78, 5) is 18.3. The molecule has 8 rings (SSSR count). The summed E-state index contributed by atoms with van der Waals surface area (Å²) in [5.74, 6) is -0.197. The number of halogens is 2. The van der Waals surface area contributed by atoms with Gasteiger partial charge in [0.2, 0.25) is 10.0 Å². The number of hydrogen-bond donors (Lipinski definition) is 1. The first-order valence-electron chi connectivity index (χ1n) is 18.1. The molecule has 0 spiro atoms. The molecule has 2 aromatic carbocycles. The van der Waals surface area contributed by atoms with Crippen LogP contribution < -0.4 is 14.4 Å². The van der Waals surface area contributed by atoms with Gasteiger partial charge in [-0.1, -0.05) is 30.7 Å². The maximum Gasteiger partial charge on any atom is 0.264 e. The van der Waals surface area contributed by atoms with Crippen LogP contribution in [0.1, 0.15) is 67.4 Å². The van der Waals surface area contributed by atoms with E-state index in [1.54, 1.807) is 31.2 Å². The first-order valence-corrected chi connectivity index (χ1v) is 20.0. The smallest absolute Gasteiger partial charge is 0.264 e. The average Bonchev–Trinajstić information content (AvgIpc) is 3.10. The number of benzene rings is 2. The Labute approximate surface area is 300 Å². The Hall–Kier alpha value is -2.70. The molecule has 4 bridgehead atoms. The third-order valence-corrected chi connectivity index (χ3v) is 14.4. The molecule has 1 N–H and O–H groups in total.